The summed E-state index contributed by atoms with van der Waals surface area (Å²) in [5.74, 6) is 0. The second-order valence-electron chi connectivity index (χ2n) is 3.13. The van der Waals surface area contributed by atoms with Crippen molar-refractivity contribution in [3.05, 3.63) is 48.7 Å². The highest BCUT2D eigenvalue weighted by atomic mass is 14.9. The van der Waals surface area contributed by atoms with E-state index in [2.05, 4.69) is 31.5 Å². The lowest BCUT2D eigenvalue weighted by Crippen LogP contribution is -2.16. The van der Waals surface area contributed by atoms with Crippen LogP contribution in [0.2, 0.25) is 0 Å². The molecule has 0 aliphatic carbocycles. The Bertz CT molecular complexity index is 272. The van der Waals surface area contributed by atoms with Gasteiger partial charge in [-0.3, -0.25) is 0 Å². The fourth-order valence-electron chi connectivity index (χ4n) is 1.05. The summed E-state index contributed by atoms with van der Waals surface area (Å²) in [7, 11) is 0. The van der Waals surface area contributed by atoms with Crippen molar-refractivity contribution in [3.63, 3.8) is 0 Å². The van der Waals surface area contributed by atoms with Crippen molar-refractivity contribution in [2.24, 2.45) is 0 Å². The molecule has 0 radical (unpaired) electrons. The average molecular weight is 204 g/mol. The Morgan fingerprint density at radius 1 is 1.40 bits per heavy atom. The van der Waals surface area contributed by atoms with Gasteiger partial charge in [0.05, 0.1) is 5.70 Å². The molecule has 15 heavy (non-hydrogen) atoms. The van der Waals surface area contributed by atoms with Gasteiger partial charge in [-0.25, -0.2) is 0 Å². The van der Waals surface area contributed by atoms with Crippen molar-refractivity contribution in [3.8, 4) is 0 Å². The van der Waals surface area contributed by atoms with Crippen molar-refractivity contribution in [2.45, 2.75) is 19.8 Å². The molecule has 0 amide bonds. The van der Waals surface area contributed by atoms with E-state index in [4.69, 9.17) is 5.41 Å². The van der Waals surface area contributed by atoms with Crippen LogP contribution in [0.1, 0.15) is 19.8 Å². The van der Waals surface area contributed by atoms with Crippen molar-refractivity contribution in [2.75, 3.05) is 6.54 Å². The molecule has 0 aliphatic heterocycles. The molecule has 0 saturated heterocycles. The quantitative estimate of drug-likeness (QED) is 0.462. The lowest BCUT2D eigenvalue weighted by atomic mass is 10.2. The fourth-order valence-corrected chi connectivity index (χ4v) is 1.05. The average Bonchev–Trinajstić information content (AvgIpc) is 2.27. The number of rotatable bonds is 8. The van der Waals surface area contributed by atoms with Crippen LogP contribution in [-0.2, 0) is 0 Å². The number of hydrogen-bond acceptors (Lipinski definition) is 2. The van der Waals surface area contributed by atoms with E-state index in [0.29, 0.717) is 6.54 Å². The van der Waals surface area contributed by atoms with Gasteiger partial charge in [0.25, 0.3) is 0 Å². The van der Waals surface area contributed by atoms with Crippen molar-refractivity contribution >= 4 is 6.21 Å². The van der Waals surface area contributed by atoms with Crippen LogP contribution in [0.3, 0.4) is 0 Å². The van der Waals surface area contributed by atoms with Crippen LogP contribution >= 0.6 is 0 Å². The van der Waals surface area contributed by atoms with E-state index in [9.17, 15) is 0 Å². The van der Waals surface area contributed by atoms with Crippen LogP contribution < -0.4 is 5.32 Å². The van der Waals surface area contributed by atoms with E-state index >= 15 is 0 Å². The summed E-state index contributed by atoms with van der Waals surface area (Å²) in [5, 5.41) is 10.3. The molecule has 0 heterocycles. The largest absolute Gasteiger partial charge is 0.380 e. The summed E-state index contributed by atoms with van der Waals surface area (Å²) < 4.78 is 0. The van der Waals surface area contributed by atoms with Gasteiger partial charge in [0, 0.05) is 12.8 Å². The first kappa shape index (κ1) is 13.4. The first-order valence-electron chi connectivity index (χ1n) is 5.17. The van der Waals surface area contributed by atoms with Gasteiger partial charge in [0.15, 0.2) is 0 Å². The standard InChI is InChI=1S/C13H20N2/c1-4-7-9-12(6-3)11-15-13(10-14)8-5-2/h5-6,8-10,14-15H,2-4,7,11H2,1H3/b12-9+,13-8+,14-10?. The van der Waals surface area contributed by atoms with E-state index in [1.165, 1.54) is 6.21 Å². The third-order valence-corrected chi connectivity index (χ3v) is 1.91. The zero-order valence-corrected chi connectivity index (χ0v) is 9.42. The van der Waals surface area contributed by atoms with Gasteiger partial charge in [-0.05, 0) is 18.1 Å². The van der Waals surface area contributed by atoms with Crippen LogP contribution in [-0.4, -0.2) is 12.8 Å². The van der Waals surface area contributed by atoms with E-state index in [1.54, 1.807) is 12.2 Å². The molecule has 0 atom stereocenters. The topological polar surface area (TPSA) is 35.9 Å². The molecular weight excluding hydrogens is 184 g/mol. The molecule has 0 aromatic rings. The SMILES string of the molecule is C=C/C=C(\C=N)NC/C(C=C)=C/CCC. The molecule has 0 bridgehead atoms. The lowest BCUT2D eigenvalue weighted by Gasteiger charge is -2.06. The molecule has 0 rings (SSSR count). The fraction of sp³-hybridized carbons (Fsp3) is 0.308. The first-order valence-corrected chi connectivity index (χ1v) is 5.17. The van der Waals surface area contributed by atoms with Gasteiger partial charge >= 0.3 is 0 Å². The minimum absolute atomic E-state index is 0.707. The van der Waals surface area contributed by atoms with E-state index in [-0.39, 0.29) is 0 Å². The van der Waals surface area contributed by atoms with Gasteiger partial charge in [-0.2, -0.15) is 0 Å². The van der Waals surface area contributed by atoms with Crippen molar-refractivity contribution in [1.82, 2.24) is 5.32 Å². The van der Waals surface area contributed by atoms with Gasteiger partial charge in [-0.1, -0.05) is 44.7 Å². The number of hydrogen-bond donors (Lipinski definition) is 2. The third-order valence-electron chi connectivity index (χ3n) is 1.91. The lowest BCUT2D eigenvalue weighted by molar-refractivity contribution is 0.899. The monoisotopic (exact) mass is 204 g/mol. The normalized spacial score (nSPS) is 12.1. The van der Waals surface area contributed by atoms with E-state index in [1.807, 2.05) is 6.08 Å². The predicted molar refractivity (Wildman–Crippen MR) is 68.3 cm³/mol. The highest BCUT2D eigenvalue weighted by Crippen LogP contribution is 2.00. The zero-order valence-electron chi connectivity index (χ0n) is 9.42. The molecule has 2 heteroatoms. The molecular formula is C13H20N2. The van der Waals surface area contributed by atoms with Crippen molar-refractivity contribution < 1.29 is 0 Å². The molecule has 2 nitrogen and oxygen atoms in total. The molecule has 0 unspecified atom stereocenters. The maximum atomic E-state index is 7.15. The number of nitrogens with one attached hydrogen (secondary N) is 2. The third kappa shape index (κ3) is 6.49. The zero-order chi connectivity index (χ0) is 11.5. The Balaban J connectivity index is 4.20. The summed E-state index contributed by atoms with van der Waals surface area (Å²) in [6, 6.07) is 0. The minimum Gasteiger partial charge on any atom is -0.380 e. The highest BCUT2D eigenvalue weighted by Gasteiger charge is 1.93. The first-order chi connectivity index (χ1) is 7.28. The highest BCUT2D eigenvalue weighted by molar-refractivity contribution is 5.75. The van der Waals surface area contributed by atoms with Crippen LogP contribution in [0.5, 0.6) is 0 Å². The van der Waals surface area contributed by atoms with Crippen LogP contribution in [0, 0.1) is 5.41 Å². The maximum absolute atomic E-state index is 7.15. The molecule has 0 fully saturated rings. The molecule has 0 aliphatic rings. The molecule has 82 valence electrons. The molecule has 0 saturated carbocycles. The van der Waals surface area contributed by atoms with Gasteiger partial charge in [0.1, 0.15) is 0 Å². The summed E-state index contributed by atoms with van der Waals surface area (Å²) in [6.07, 6.45) is 10.9. The van der Waals surface area contributed by atoms with Gasteiger partial charge < -0.3 is 10.7 Å². The second kappa shape index (κ2) is 9.00. The number of allylic oxidation sites excluding steroid dienone is 4. The molecule has 0 aromatic carbocycles. The smallest absolute Gasteiger partial charge is 0.0521 e. The second-order valence-corrected chi connectivity index (χ2v) is 3.13. The van der Waals surface area contributed by atoms with Gasteiger partial charge in [-0.15, -0.1) is 0 Å². The maximum Gasteiger partial charge on any atom is 0.0521 e. The van der Waals surface area contributed by atoms with E-state index < -0.39 is 0 Å². The molecule has 0 aromatic heterocycles. The summed E-state index contributed by atoms with van der Waals surface area (Å²) in [6.45, 7) is 10.2. The summed E-state index contributed by atoms with van der Waals surface area (Å²) >= 11 is 0. The predicted octanol–water partition coefficient (Wildman–Crippen LogP) is 3.21. The van der Waals surface area contributed by atoms with Gasteiger partial charge in [0.2, 0.25) is 0 Å². The Kier molecular flexibility index (Phi) is 8.06. The minimum atomic E-state index is 0.707. The Hall–Kier alpha value is -1.57. The summed E-state index contributed by atoms with van der Waals surface area (Å²) in [4.78, 5) is 0. The van der Waals surface area contributed by atoms with Crippen LogP contribution in [0.25, 0.3) is 0 Å². The van der Waals surface area contributed by atoms with Crippen molar-refractivity contribution in [1.29, 1.82) is 5.41 Å². The van der Waals surface area contributed by atoms with Crippen LogP contribution in [0.15, 0.2) is 48.7 Å². The Morgan fingerprint density at radius 2 is 2.13 bits per heavy atom. The molecule has 2 N–H and O–H groups in total. The number of unbranched alkanes of at least 4 members (excludes halogenated alkanes) is 1. The Morgan fingerprint density at radius 3 is 2.60 bits per heavy atom. The summed E-state index contributed by atoms with van der Waals surface area (Å²) in [5.41, 5.74) is 1.92. The van der Waals surface area contributed by atoms with Crippen LogP contribution in [0.4, 0.5) is 0 Å². The molecule has 0 spiro atoms. The Labute approximate surface area is 92.6 Å². The van der Waals surface area contributed by atoms with E-state index in [0.717, 1.165) is 24.1 Å².